The van der Waals surface area contributed by atoms with Gasteiger partial charge in [0.1, 0.15) is 5.82 Å². The van der Waals surface area contributed by atoms with E-state index in [0.29, 0.717) is 17.8 Å². The number of aliphatic hydroxyl groups excluding tert-OH is 1. The number of urea groups is 1. The molecule has 1 aliphatic carbocycles. The van der Waals surface area contributed by atoms with E-state index in [0.717, 1.165) is 19.3 Å². The number of aliphatic hydroxyl groups is 1. The quantitative estimate of drug-likeness (QED) is 0.894. The summed E-state index contributed by atoms with van der Waals surface area (Å²) >= 11 is 0. The van der Waals surface area contributed by atoms with Gasteiger partial charge in [-0.2, -0.15) is 0 Å². The zero-order chi connectivity index (χ0) is 14.7. The van der Waals surface area contributed by atoms with Gasteiger partial charge in [0, 0.05) is 25.2 Å². The average Bonchev–Trinajstić information content (AvgIpc) is 2.79. The van der Waals surface area contributed by atoms with E-state index >= 15 is 0 Å². The van der Waals surface area contributed by atoms with Crippen molar-refractivity contribution >= 4 is 11.7 Å². The minimum atomic E-state index is -0.336. The Labute approximate surface area is 118 Å². The number of halogens is 1. The molecule has 2 N–H and O–H groups in total. The number of hydrogen-bond donors (Lipinski definition) is 2. The normalized spacial score (nSPS) is 21.8. The van der Waals surface area contributed by atoms with Crippen molar-refractivity contribution in [3.05, 3.63) is 29.6 Å². The lowest BCUT2D eigenvalue weighted by Crippen LogP contribution is -2.37. The van der Waals surface area contributed by atoms with Gasteiger partial charge in [-0.05, 0) is 37.5 Å². The monoisotopic (exact) mass is 280 g/mol. The van der Waals surface area contributed by atoms with Crippen molar-refractivity contribution in [2.45, 2.75) is 32.3 Å². The molecule has 2 rings (SSSR count). The lowest BCUT2D eigenvalue weighted by atomic mass is 10.1. The SMILES string of the molecule is Cc1ccc(NC(=O)N(C)CC2CCCC2O)cc1F. The largest absolute Gasteiger partial charge is 0.393 e. The van der Waals surface area contributed by atoms with E-state index in [-0.39, 0.29) is 23.9 Å². The van der Waals surface area contributed by atoms with Crippen LogP contribution in [0.4, 0.5) is 14.9 Å². The van der Waals surface area contributed by atoms with Gasteiger partial charge < -0.3 is 15.3 Å². The first-order valence-corrected chi connectivity index (χ1v) is 6.93. The topological polar surface area (TPSA) is 52.6 Å². The van der Waals surface area contributed by atoms with E-state index in [9.17, 15) is 14.3 Å². The Bertz CT molecular complexity index is 493. The molecule has 2 atom stereocenters. The lowest BCUT2D eigenvalue weighted by Gasteiger charge is -2.23. The van der Waals surface area contributed by atoms with Gasteiger partial charge in [-0.15, -0.1) is 0 Å². The molecule has 0 aromatic heterocycles. The van der Waals surface area contributed by atoms with E-state index in [4.69, 9.17) is 0 Å². The maximum absolute atomic E-state index is 13.4. The minimum Gasteiger partial charge on any atom is -0.393 e. The Morgan fingerprint density at radius 3 is 2.85 bits per heavy atom. The molecule has 5 heteroatoms. The average molecular weight is 280 g/mol. The molecule has 1 saturated carbocycles. The summed E-state index contributed by atoms with van der Waals surface area (Å²) in [5, 5.41) is 12.4. The molecular formula is C15H21FN2O2. The number of rotatable bonds is 3. The van der Waals surface area contributed by atoms with E-state index in [1.54, 1.807) is 26.1 Å². The fraction of sp³-hybridized carbons (Fsp3) is 0.533. The first kappa shape index (κ1) is 14.8. The molecule has 1 aromatic rings. The number of hydrogen-bond acceptors (Lipinski definition) is 2. The molecule has 4 nitrogen and oxygen atoms in total. The van der Waals surface area contributed by atoms with Crippen LogP contribution in [0.5, 0.6) is 0 Å². The van der Waals surface area contributed by atoms with Crippen LogP contribution in [-0.4, -0.2) is 35.7 Å². The number of carbonyl (C=O) groups excluding carboxylic acids is 1. The van der Waals surface area contributed by atoms with Crippen molar-refractivity contribution in [1.82, 2.24) is 4.90 Å². The van der Waals surface area contributed by atoms with Gasteiger partial charge in [0.15, 0.2) is 0 Å². The number of benzene rings is 1. The van der Waals surface area contributed by atoms with Crippen molar-refractivity contribution in [2.75, 3.05) is 18.9 Å². The van der Waals surface area contributed by atoms with E-state index < -0.39 is 0 Å². The van der Waals surface area contributed by atoms with Crippen LogP contribution in [0.1, 0.15) is 24.8 Å². The number of nitrogens with zero attached hydrogens (tertiary/aromatic N) is 1. The summed E-state index contributed by atoms with van der Waals surface area (Å²) in [6.45, 7) is 2.19. The number of carbonyl (C=O) groups is 1. The third-order valence-electron chi connectivity index (χ3n) is 3.90. The van der Waals surface area contributed by atoms with Crippen LogP contribution in [0.2, 0.25) is 0 Å². The molecule has 1 fully saturated rings. The lowest BCUT2D eigenvalue weighted by molar-refractivity contribution is 0.116. The van der Waals surface area contributed by atoms with Crippen molar-refractivity contribution in [1.29, 1.82) is 0 Å². The van der Waals surface area contributed by atoms with Crippen LogP contribution >= 0.6 is 0 Å². The second-order valence-electron chi connectivity index (χ2n) is 5.53. The Hall–Kier alpha value is -1.62. The Morgan fingerprint density at radius 2 is 2.25 bits per heavy atom. The molecule has 0 bridgehead atoms. The maximum atomic E-state index is 13.4. The van der Waals surface area contributed by atoms with E-state index in [1.807, 2.05) is 0 Å². The van der Waals surface area contributed by atoms with Gasteiger partial charge in [0.25, 0.3) is 0 Å². The fourth-order valence-electron chi connectivity index (χ4n) is 2.55. The molecule has 2 unspecified atom stereocenters. The van der Waals surface area contributed by atoms with Crippen LogP contribution in [0.3, 0.4) is 0 Å². The van der Waals surface area contributed by atoms with E-state index in [1.165, 1.54) is 11.0 Å². The second kappa shape index (κ2) is 6.22. The fourth-order valence-corrected chi connectivity index (χ4v) is 2.55. The summed E-state index contributed by atoms with van der Waals surface area (Å²) in [6, 6.07) is 4.33. The molecule has 0 radical (unpaired) electrons. The molecule has 0 spiro atoms. The highest BCUT2D eigenvalue weighted by molar-refractivity contribution is 5.89. The Balaban J connectivity index is 1.91. The zero-order valence-electron chi connectivity index (χ0n) is 11.9. The van der Waals surface area contributed by atoms with Gasteiger partial charge in [0.05, 0.1) is 6.10 Å². The second-order valence-corrected chi connectivity index (χ2v) is 5.53. The van der Waals surface area contributed by atoms with Gasteiger partial charge in [-0.1, -0.05) is 12.5 Å². The van der Waals surface area contributed by atoms with Crippen LogP contribution in [-0.2, 0) is 0 Å². The van der Waals surface area contributed by atoms with Crippen LogP contribution < -0.4 is 5.32 Å². The standard InChI is InChI=1S/C15H21FN2O2/c1-10-6-7-12(8-13(10)16)17-15(20)18(2)9-11-4-3-5-14(11)19/h6-8,11,14,19H,3-5,9H2,1-2H3,(H,17,20). The summed E-state index contributed by atoms with van der Waals surface area (Å²) in [7, 11) is 1.69. The highest BCUT2D eigenvalue weighted by atomic mass is 19.1. The maximum Gasteiger partial charge on any atom is 0.321 e. The molecule has 1 aromatic carbocycles. The molecule has 2 amide bonds. The third kappa shape index (κ3) is 3.48. The van der Waals surface area contributed by atoms with Gasteiger partial charge >= 0.3 is 6.03 Å². The molecule has 0 heterocycles. The Morgan fingerprint density at radius 1 is 1.50 bits per heavy atom. The molecule has 110 valence electrons. The summed E-state index contributed by atoms with van der Waals surface area (Å²) < 4.78 is 13.4. The highest BCUT2D eigenvalue weighted by Gasteiger charge is 2.27. The van der Waals surface area contributed by atoms with Gasteiger partial charge in [0.2, 0.25) is 0 Å². The Kier molecular flexibility index (Phi) is 4.60. The van der Waals surface area contributed by atoms with Crippen LogP contribution in [0.25, 0.3) is 0 Å². The number of amides is 2. The predicted molar refractivity (Wildman–Crippen MR) is 76.1 cm³/mol. The smallest absolute Gasteiger partial charge is 0.321 e. The summed E-state index contributed by atoms with van der Waals surface area (Å²) in [4.78, 5) is 13.6. The molecule has 20 heavy (non-hydrogen) atoms. The van der Waals surface area contributed by atoms with Crippen LogP contribution in [0, 0.1) is 18.7 Å². The first-order valence-electron chi connectivity index (χ1n) is 6.93. The minimum absolute atomic E-state index is 0.139. The van der Waals surface area contributed by atoms with Crippen molar-refractivity contribution in [2.24, 2.45) is 5.92 Å². The molecule has 1 aliphatic rings. The third-order valence-corrected chi connectivity index (χ3v) is 3.90. The van der Waals surface area contributed by atoms with E-state index in [2.05, 4.69) is 5.32 Å². The predicted octanol–water partition coefficient (Wildman–Crippen LogP) is 2.76. The summed E-state index contributed by atoms with van der Waals surface area (Å²) in [6.07, 6.45) is 2.44. The summed E-state index contributed by atoms with van der Waals surface area (Å²) in [5.41, 5.74) is 0.988. The molecule has 0 saturated heterocycles. The highest BCUT2D eigenvalue weighted by Crippen LogP contribution is 2.26. The number of aryl methyl sites for hydroxylation is 1. The van der Waals surface area contributed by atoms with Gasteiger partial charge in [-0.25, -0.2) is 9.18 Å². The molecular weight excluding hydrogens is 259 g/mol. The number of anilines is 1. The summed E-state index contributed by atoms with van der Waals surface area (Å²) in [5.74, 6) is -0.197. The van der Waals surface area contributed by atoms with Crippen molar-refractivity contribution < 1.29 is 14.3 Å². The van der Waals surface area contributed by atoms with Crippen molar-refractivity contribution in [3.8, 4) is 0 Å². The van der Waals surface area contributed by atoms with Crippen molar-refractivity contribution in [3.63, 3.8) is 0 Å². The first-order chi connectivity index (χ1) is 9.47. The van der Waals surface area contributed by atoms with Crippen LogP contribution in [0.15, 0.2) is 18.2 Å². The van der Waals surface area contributed by atoms with Gasteiger partial charge in [-0.3, -0.25) is 0 Å². The molecule has 0 aliphatic heterocycles. The number of nitrogens with one attached hydrogen (secondary N) is 1. The zero-order valence-corrected chi connectivity index (χ0v) is 11.9.